The van der Waals surface area contributed by atoms with Crippen LogP contribution in [0.2, 0.25) is 0 Å². The van der Waals surface area contributed by atoms with Gasteiger partial charge in [0.25, 0.3) is 11.8 Å². The molecular weight excluding hydrogens is 733 g/mol. The molecule has 0 bridgehead atoms. The molecule has 0 atom stereocenters. The fourth-order valence-electron chi connectivity index (χ4n) is 7.61. The first kappa shape index (κ1) is 39.9. The van der Waals surface area contributed by atoms with E-state index >= 15 is 0 Å². The number of imide groups is 1. The Balaban J connectivity index is 1.37. The van der Waals surface area contributed by atoms with Crippen molar-refractivity contribution in [2.75, 3.05) is 20.3 Å². The molecule has 3 amide bonds. The van der Waals surface area contributed by atoms with Gasteiger partial charge in [0, 0.05) is 60.4 Å². The summed E-state index contributed by atoms with van der Waals surface area (Å²) in [6.45, 7) is 13.0. The van der Waals surface area contributed by atoms with Gasteiger partial charge in [-0.3, -0.25) is 19.3 Å². The fraction of sp³-hybridized carbons (Fsp3) is 0.302. The van der Waals surface area contributed by atoms with Crippen molar-refractivity contribution in [3.8, 4) is 0 Å². The molecule has 0 radical (unpaired) electrons. The van der Waals surface area contributed by atoms with E-state index in [1.807, 2.05) is 48.8 Å². The van der Waals surface area contributed by atoms with E-state index in [1.165, 1.54) is 19.2 Å². The van der Waals surface area contributed by atoms with Gasteiger partial charge in [-0.15, -0.1) is 0 Å². The summed E-state index contributed by atoms with van der Waals surface area (Å²) in [6.07, 6.45) is 8.57. The largest absolute Gasteiger partial charge is 0.744 e. The molecule has 0 saturated carbocycles. The smallest absolute Gasteiger partial charge is 0.337 e. The summed E-state index contributed by atoms with van der Waals surface area (Å²) in [6, 6.07) is 19.7. The Morgan fingerprint density at radius 2 is 1.54 bits per heavy atom. The maximum atomic E-state index is 12.5. The molecule has 1 N–H and O–H groups in total. The number of nitrogens with one attached hydrogen (secondary N) is 1. The number of carbonyl (C=O) groups excluding carboxylic acids is 4. The predicted octanol–water partition coefficient (Wildman–Crippen LogP) is 5.62. The average molecular weight is 778 g/mol. The minimum atomic E-state index is -4.73. The van der Waals surface area contributed by atoms with Crippen LogP contribution in [0.3, 0.4) is 0 Å². The number of esters is 1. The van der Waals surface area contributed by atoms with Crippen molar-refractivity contribution in [1.82, 2.24) is 10.2 Å². The number of allylic oxidation sites excluding steroid dienone is 4. The van der Waals surface area contributed by atoms with Gasteiger partial charge < -0.3 is 14.6 Å². The molecule has 12 nitrogen and oxygen atoms in total. The first-order valence-corrected chi connectivity index (χ1v) is 19.7. The number of benzene rings is 3. The Kier molecular flexibility index (Phi) is 11.0. The fourth-order valence-corrected chi connectivity index (χ4v) is 8.10. The SMILES string of the molecule is C=[N+]1/C(=C\C(=C\C2=[N+](CCCCCC(=O)NCN3C(=O)C=CC3=O)c3ccc(S(=O)(=O)[O-])cc3C2(C)C)c2ccc(C(=O)OC)cc2)C(C)(C)c2ccccc21. The van der Waals surface area contributed by atoms with Crippen LogP contribution in [-0.4, -0.2) is 83.5 Å². The summed E-state index contributed by atoms with van der Waals surface area (Å²) in [7, 11) is -3.40. The monoisotopic (exact) mass is 777 g/mol. The number of nitrogens with zero attached hydrogens (tertiary/aromatic N) is 3. The second kappa shape index (κ2) is 15.4. The standard InChI is InChI=1S/C43H44N4O8S/c1-42(2)32-12-9-10-13-34(32)45(5)36(42)24-30(28-15-17-29(18-16-28)41(51)55-6)25-37-43(3,4)33-26-31(56(52,53)54)19-20-35(33)46(37)23-11-7-8-14-38(48)44-27-47-39(49)21-22-40(47)50/h9-10,12-13,15-22,24-26H,5,7-8,11,14,23,27H2,1-4,6H3/p+1/b30-25-,36-24-. The molecule has 3 aromatic carbocycles. The zero-order valence-electron chi connectivity index (χ0n) is 32.1. The van der Waals surface area contributed by atoms with Gasteiger partial charge in [0.1, 0.15) is 30.0 Å². The van der Waals surface area contributed by atoms with E-state index in [0.29, 0.717) is 36.9 Å². The molecule has 290 valence electrons. The maximum absolute atomic E-state index is 12.5. The molecule has 6 rings (SSSR count). The van der Waals surface area contributed by atoms with E-state index < -0.39 is 38.7 Å². The molecule has 3 aromatic rings. The summed E-state index contributed by atoms with van der Waals surface area (Å²) < 4.78 is 45.6. The third-order valence-corrected chi connectivity index (χ3v) is 11.6. The highest BCUT2D eigenvalue weighted by molar-refractivity contribution is 7.85. The number of unbranched alkanes of at least 4 members (excludes halogenated alkanes) is 2. The van der Waals surface area contributed by atoms with Gasteiger partial charge in [0.05, 0.1) is 28.4 Å². The first-order valence-electron chi connectivity index (χ1n) is 18.3. The van der Waals surface area contributed by atoms with Gasteiger partial charge in [-0.1, -0.05) is 30.3 Å². The topological polar surface area (TPSA) is 156 Å². The normalized spacial score (nSPS) is 17.8. The van der Waals surface area contributed by atoms with Crippen LogP contribution in [0.25, 0.3) is 5.57 Å². The van der Waals surface area contributed by atoms with Crippen LogP contribution in [0.15, 0.2) is 102 Å². The molecule has 0 unspecified atom stereocenters. The molecule has 0 aromatic heterocycles. The Hall–Kier alpha value is -5.79. The molecule has 0 saturated heterocycles. The van der Waals surface area contributed by atoms with E-state index in [-0.39, 0.29) is 23.9 Å². The van der Waals surface area contributed by atoms with Crippen molar-refractivity contribution in [3.05, 3.63) is 119 Å². The highest BCUT2D eigenvalue weighted by Crippen LogP contribution is 2.47. The molecule has 3 heterocycles. The lowest BCUT2D eigenvalue weighted by Gasteiger charge is -2.18. The van der Waals surface area contributed by atoms with Gasteiger partial charge in [-0.25, -0.2) is 13.2 Å². The number of rotatable bonds is 13. The molecule has 0 aliphatic carbocycles. The van der Waals surface area contributed by atoms with Gasteiger partial charge in [-0.05, 0) is 75.9 Å². The van der Waals surface area contributed by atoms with E-state index in [9.17, 15) is 32.1 Å². The van der Waals surface area contributed by atoms with E-state index in [4.69, 9.17) is 4.74 Å². The predicted molar refractivity (Wildman–Crippen MR) is 210 cm³/mol. The van der Waals surface area contributed by atoms with Crippen LogP contribution in [-0.2, 0) is 40.1 Å². The van der Waals surface area contributed by atoms with Crippen molar-refractivity contribution >= 4 is 63.2 Å². The number of carbonyl (C=O) groups is 4. The van der Waals surface area contributed by atoms with Crippen LogP contribution >= 0.6 is 0 Å². The molecule has 3 aliphatic heterocycles. The molecule has 0 spiro atoms. The zero-order valence-corrected chi connectivity index (χ0v) is 32.9. The minimum Gasteiger partial charge on any atom is -0.744 e. The number of fused-ring (bicyclic) bond motifs is 2. The average Bonchev–Trinajstić information content (AvgIpc) is 3.67. The third kappa shape index (κ3) is 7.69. The summed E-state index contributed by atoms with van der Waals surface area (Å²) in [5, 5.41) is 2.63. The van der Waals surface area contributed by atoms with Crippen LogP contribution in [0, 0.1) is 0 Å². The van der Waals surface area contributed by atoms with E-state index in [2.05, 4.69) is 48.7 Å². The quantitative estimate of drug-likeness (QED) is 0.0772. The van der Waals surface area contributed by atoms with E-state index in [0.717, 1.165) is 56.5 Å². The number of ether oxygens (including phenoxy) is 1. The van der Waals surface area contributed by atoms with E-state index in [1.54, 1.807) is 18.2 Å². The second-order valence-corrected chi connectivity index (χ2v) is 16.4. The number of hydrogen-bond acceptors (Lipinski definition) is 8. The third-order valence-electron chi connectivity index (χ3n) is 10.8. The van der Waals surface area contributed by atoms with Crippen LogP contribution < -0.4 is 5.32 Å². The van der Waals surface area contributed by atoms with Crippen molar-refractivity contribution in [3.63, 3.8) is 0 Å². The Morgan fingerprint density at radius 1 is 0.875 bits per heavy atom. The Labute approximate surface area is 326 Å². The van der Waals surface area contributed by atoms with Crippen LogP contribution in [0.5, 0.6) is 0 Å². The lowest BCUT2D eigenvalue weighted by molar-refractivity contribution is -0.438. The van der Waals surface area contributed by atoms with Gasteiger partial charge >= 0.3 is 5.97 Å². The lowest BCUT2D eigenvalue weighted by atomic mass is 9.79. The maximum Gasteiger partial charge on any atom is 0.337 e. The molecular formula is C43H45N4O8S+. The zero-order chi connectivity index (χ0) is 40.6. The summed E-state index contributed by atoms with van der Waals surface area (Å²) >= 11 is 0. The van der Waals surface area contributed by atoms with Crippen molar-refractivity contribution in [2.45, 2.75) is 69.1 Å². The highest BCUT2D eigenvalue weighted by Gasteiger charge is 2.47. The lowest BCUT2D eigenvalue weighted by Crippen LogP contribution is -2.40. The summed E-state index contributed by atoms with van der Waals surface area (Å²) in [4.78, 5) is 49.2. The van der Waals surface area contributed by atoms with Crippen molar-refractivity contribution in [2.24, 2.45) is 0 Å². The molecule has 3 aliphatic rings. The summed E-state index contributed by atoms with van der Waals surface area (Å²) in [5.41, 5.74) is 6.20. The number of hydrogen-bond donors (Lipinski definition) is 1. The minimum absolute atomic E-state index is 0.187. The first-order chi connectivity index (χ1) is 26.4. The number of para-hydroxylation sites is 1. The van der Waals surface area contributed by atoms with Crippen LogP contribution in [0.4, 0.5) is 11.4 Å². The van der Waals surface area contributed by atoms with Gasteiger partial charge in [0.15, 0.2) is 11.4 Å². The van der Waals surface area contributed by atoms with Crippen molar-refractivity contribution < 1.29 is 46.0 Å². The Morgan fingerprint density at radius 3 is 2.18 bits per heavy atom. The highest BCUT2D eigenvalue weighted by atomic mass is 32.2. The number of amides is 3. The van der Waals surface area contributed by atoms with Crippen molar-refractivity contribution in [1.29, 1.82) is 0 Å². The van der Waals surface area contributed by atoms with Gasteiger partial charge in [0.2, 0.25) is 17.3 Å². The molecule has 0 fully saturated rings. The second-order valence-electron chi connectivity index (χ2n) is 15.1. The Bertz CT molecular complexity index is 2380. The van der Waals surface area contributed by atoms with Gasteiger partial charge in [-0.2, -0.15) is 9.15 Å². The molecule has 56 heavy (non-hydrogen) atoms. The summed E-state index contributed by atoms with van der Waals surface area (Å²) in [5.74, 6) is -1.67. The molecule has 13 heteroatoms. The number of methoxy groups -OCH3 is 1. The van der Waals surface area contributed by atoms with Crippen LogP contribution in [0.1, 0.15) is 80.4 Å².